The molecule has 0 amide bonds. The van der Waals surface area contributed by atoms with Crippen molar-refractivity contribution in [1.29, 1.82) is 0 Å². The average Bonchev–Trinajstić information content (AvgIpc) is 3.38. The van der Waals surface area contributed by atoms with E-state index in [1.165, 1.54) is 72.1 Å². The highest BCUT2D eigenvalue weighted by molar-refractivity contribution is 8.00. The van der Waals surface area contributed by atoms with Gasteiger partial charge in [-0.25, -0.2) is 8.42 Å². The number of hydrogen-bond donors (Lipinski definition) is 0. The van der Waals surface area contributed by atoms with Crippen LogP contribution in [0.4, 0.5) is 39.5 Å². The molecule has 0 bridgehead atoms. The van der Waals surface area contributed by atoms with Gasteiger partial charge in [0, 0.05) is 27.1 Å². The second-order valence-electron chi connectivity index (χ2n) is 9.27. The summed E-state index contributed by atoms with van der Waals surface area (Å²) < 4.78 is 135. The largest absolute Gasteiger partial charge is 0.743 e. The van der Waals surface area contributed by atoms with Crippen molar-refractivity contribution in [3.8, 4) is 0 Å². The van der Waals surface area contributed by atoms with Crippen LogP contribution in [0.2, 0.25) is 0 Å². The summed E-state index contributed by atoms with van der Waals surface area (Å²) in [4.78, 5) is 3.06. The molecule has 1 heterocycles. The molecule has 0 spiro atoms. The van der Waals surface area contributed by atoms with Gasteiger partial charge < -0.3 is 4.55 Å². The van der Waals surface area contributed by atoms with E-state index in [4.69, 9.17) is 0 Å². The monoisotopic (exact) mass is 628 g/mol. The van der Waals surface area contributed by atoms with Crippen LogP contribution in [0.15, 0.2) is 46.2 Å². The van der Waals surface area contributed by atoms with Gasteiger partial charge in [-0.3, -0.25) is 0 Å². The SMILES string of the molecule is O=S(=O)([O-])C(F)(F)C(F)(F)C(F)(F)C(F)(F)F.c1cc2cc([S+]3CCCC3)ccc2cc1SC1CCCCC1. The number of halogens is 9. The number of benzene rings is 2. The van der Waals surface area contributed by atoms with E-state index in [0.717, 1.165) is 5.25 Å². The highest BCUT2D eigenvalue weighted by atomic mass is 32.2. The predicted octanol–water partition coefficient (Wildman–Crippen LogP) is 7.99. The highest BCUT2D eigenvalue weighted by Crippen LogP contribution is 2.54. The van der Waals surface area contributed by atoms with Crippen LogP contribution in [-0.2, 0) is 21.0 Å². The van der Waals surface area contributed by atoms with Gasteiger partial charge in [0.1, 0.15) is 11.5 Å². The van der Waals surface area contributed by atoms with Crippen molar-refractivity contribution >= 4 is 43.5 Å². The first-order valence-electron chi connectivity index (χ1n) is 11.9. The number of fused-ring (bicyclic) bond motifs is 1. The second-order valence-corrected chi connectivity index (χ2v) is 14.3. The molecule has 220 valence electrons. The van der Waals surface area contributed by atoms with Crippen LogP contribution in [0, 0.1) is 0 Å². The number of hydrogen-bond acceptors (Lipinski definition) is 4. The minimum absolute atomic E-state index is 0.537. The zero-order chi connectivity index (χ0) is 29.3. The van der Waals surface area contributed by atoms with Crippen molar-refractivity contribution < 1.29 is 52.5 Å². The molecule has 1 saturated heterocycles. The van der Waals surface area contributed by atoms with E-state index in [0.29, 0.717) is 10.9 Å². The Balaban J connectivity index is 0.000000225. The Labute approximate surface area is 227 Å². The lowest BCUT2D eigenvalue weighted by atomic mass is 10.0. The zero-order valence-electron chi connectivity index (χ0n) is 20.3. The summed E-state index contributed by atoms with van der Waals surface area (Å²) in [5.41, 5.74) is 0. The van der Waals surface area contributed by atoms with E-state index in [2.05, 4.69) is 48.2 Å². The first kappa shape index (κ1) is 32.2. The van der Waals surface area contributed by atoms with Crippen molar-refractivity contribution in [2.24, 2.45) is 0 Å². The summed E-state index contributed by atoms with van der Waals surface area (Å²) >= 11 is 2.11. The van der Waals surface area contributed by atoms with Gasteiger partial charge >= 0.3 is 23.3 Å². The summed E-state index contributed by atoms with van der Waals surface area (Å²) in [6.07, 6.45) is 2.81. The van der Waals surface area contributed by atoms with Gasteiger partial charge in [-0.1, -0.05) is 25.3 Å². The summed E-state index contributed by atoms with van der Waals surface area (Å²) in [6, 6.07) is 14.3. The smallest absolute Gasteiger partial charge is 0.460 e. The van der Waals surface area contributed by atoms with Gasteiger partial charge in [0.2, 0.25) is 0 Å². The van der Waals surface area contributed by atoms with E-state index in [1.54, 1.807) is 4.90 Å². The predicted molar refractivity (Wildman–Crippen MR) is 132 cm³/mol. The molecule has 2 aromatic rings. The lowest BCUT2D eigenvalue weighted by Gasteiger charge is -2.34. The van der Waals surface area contributed by atoms with Gasteiger partial charge in [-0.05, 0) is 60.7 Å². The Morgan fingerprint density at radius 2 is 1.28 bits per heavy atom. The highest BCUT2D eigenvalue weighted by Gasteiger charge is 2.83. The first-order chi connectivity index (χ1) is 17.9. The molecule has 39 heavy (non-hydrogen) atoms. The fraction of sp³-hybridized carbons (Fsp3) is 0.583. The van der Waals surface area contributed by atoms with Gasteiger partial charge in [0.15, 0.2) is 15.0 Å². The Morgan fingerprint density at radius 1 is 0.744 bits per heavy atom. The normalized spacial score (nSPS) is 18.7. The maximum absolute atomic E-state index is 12.2. The van der Waals surface area contributed by atoms with Crippen molar-refractivity contribution in [3.63, 3.8) is 0 Å². The van der Waals surface area contributed by atoms with Gasteiger partial charge in [-0.15, -0.1) is 11.8 Å². The maximum atomic E-state index is 12.2. The summed E-state index contributed by atoms with van der Waals surface area (Å²) in [7, 11) is -6.88. The van der Waals surface area contributed by atoms with E-state index < -0.39 is 33.4 Å². The Morgan fingerprint density at radius 3 is 1.82 bits per heavy atom. The van der Waals surface area contributed by atoms with Crippen LogP contribution in [0.1, 0.15) is 44.9 Å². The molecule has 3 nitrogen and oxygen atoms in total. The molecular formula is C24H25F9O3S3. The molecule has 0 unspecified atom stereocenters. The zero-order valence-corrected chi connectivity index (χ0v) is 22.7. The summed E-state index contributed by atoms with van der Waals surface area (Å²) in [5, 5.41) is -3.40. The van der Waals surface area contributed by atoms with E-state index in [9.17, 15) is 52.5 Å². The maximum Gasteiger partial charge on any atom is 0.460 e. The van der Waals surface area contributed by atoms with E-state index in [1.807, 2.05) is 0 Å². The third kappa shape index (κ3) is 6.95. The first-order valence-corrected chi connectivity index (χ1v) is 15.8. The average molecular weight is 629 g/mol. The second kappa shape index (κ2) is 11.9. The van der Waals surface area contributed by atoms with Gasteiger partial charge in [0.25, 0.3) is 0 Å². The summed E-state index contributed by atoms with van der Waals surface area (Å²) in [6.45, 7) is 0. The number of alkyl halides is 9. The third-order valence-electron chi connectivity index (χ3n) is 6.43. The van der Waals surface area contributed by atoms with Crippen LogP contribution in [-0.4, -0.2) is 53.0 Å². The Bertz CT molecular complexity index is 1240. The molecule has 0 atom stereocenters. The molecule has 1 aliphatic carbocycles. The standard InChI is InChI=1S/C20H25S2.C4HF9O3S/c1-2-6-18(7-3-1)21-19-10-8-17-15-20(11-9-16(17)14-19)22-12-4-5-13-22;5-1(6,3(9,10)11)2(7,8)4(12,13)17(14,15)16/h8-11,14-15,18H,1-7,12-13H2;(H,14,15,16)/q+1;/p-1. The Hall–Kier alpha value is -1.32. The van der Waals surface area contributed by atoms with Crippen LogP contribution in [0.25, 0.3) is 10.8 Å². The van der Waals surface area contributed by atoms with E-state index >= 15 is 0 Å². The minimum Gasteiger partial charge on any atom is -0.743 e. The number of rotatable bonds is 6. The molecule has 0 N–H and O–H groups in total. The van der Waals surface area contributed by atoms with Crippen molar-refractivity contribution in [2.45, 2.75) is 83.3 Å². The molecular weight excluding hydrogens is 603 g/mol. The molecule has 1 aliphatic heterocycles. The minimum atomic E-state index is -7.43. The van der Waals surface area contributed by atoms with Crippen LogP contribution < -0.4 is 0 Å². The fourth-order valence-corrected chi connectivity index (χ4v) is 8.31. The van der Waals surface area contributed by atoms with Crippen LogP contribution in [0.5, 0.6) is 0 Å². The van der Waals surface area contributed by atoms with Crippen LogP contribution >= 0.6 is 11.8 Å². The third-order valence-corrected chi connectivity index (χ3v) is 11.1. The molecule has 0 radical (unpaired) electrons. The van der Waals surface area contributed by atoms with Crippen LogP contribution in [0.3, 0.4) is 0 Å². The van der Waals surface area contributed by atoms with Gasteiger partial charge in [-0.2, -0.15) is 39.5 Å². The van der Waals surface area contributed by atoms with Crippen molar-refractivity contribution in [3.05, 3.63) is 36.4 Å². The molecule has 15 heteroatoms. The van der Waals surface area contributed by atoms with Gasteiger partial charge in [0.05, 0.1) is 0 Å². The molecule has 2 fully saturated rings. The lowest BCUT2D eigenvalue weighted by Crippen LogP contribution is -2.63. The fourth-order valence-electron chi connectivity index (χ4n) is 4.24. The molecule has 2 aliphatic rings. The number of thioether (sulfide) groups is 1. The topological polar surface area (TPSA) is 57.2 Å². The molecule has 1 saturated carbocycles. The molecule has 0 aromatic heterocycles. The Kier molecular flexibility index (Phi) is 9.81. The van der Waals surface area contributed by atoms with E-state index in [-0.39, 0.29) is 0 Å². The summed E-state index contributed by atoms with van der Waals surface area (Å²) in [5.74, 6) is -12.0. The van der Waals surface area contributed by atoms with Crippen molar-refractivity contribution in [2.75, 3.05) is 11.5 Å². The lowest BCUT2D eigenvalue weighted by molar-refractivity contribution is -0.382. The molecule has 4 rings (SSSR count). The van der Waals surface area contributed by atoms with Crippen molar-refractivity contribution in [1.82, 2.24) is 0 Å². The molecule has 2 aromatic carbocycles. The quantitative estimate of drug-likeness (QED) is 0.185.